The van der Waals surface area contributed by atoms with E-state index in [-0.39, 0.29) is 21.4 Å². The molecule has 0 unspecified atom stereocenters. The lowest BCUT2D eigenvalue weighted by molar-refractivity contribution is -0.384. The summed E-state index contributed by atoms with van der Waals surface area (Å²) in [5.74, 6) is -0.0767. The van der Waals surface area contributed by atoms with E-state index in [1.165, 1.54) is 12.1 Å². The van der Waals surface area contributed by atoms with Gasteiger partial charge in [-0.15, -0.1) is 0 Å². The van der Waals surface area contributed by atoms with Crippen molar-refractivity contribution in [1.29, 1.82) is 0 Å². The SMILES string of the molecule is CC1CCN(c2cc(Cl)c(F)cc2[N+](=O)[O-])CC1.CC1CCN(c2cc(Cl)c([N+](=O)[O-])cc2F)CC1. The summed E-state index contributed by atoms with van der Waals surface area (Å²) < 4.78 is 27.2. The molecule has 2 aliphatic rings. The van der Waals surface area contributed by atoms with Gasteiger partial charge in [-0.25, -0.2) is 8.78 Å². The van der Waals surface area contributed by atoms with Crippen molar-refractivity contribution in [3.63, 3.8) is 0 Å². The van der Waals surface area contributed by atoms with Crippen LogP contribution in [0.1, 0.15) is 39.5 Å². The lowest BCUT2D eigenvalue weighted by atomic mass is 9.98. The topological polar surface area (TPSA) is 92.8 Å². The second-order valence-electron chi connectivity index (χ2n) is 9.36. The molecule has 2 heterocycles. The van der Waals surface area contributed by atoms with Gasteiger partial charge in [0.05, 0.1) is 32.7 Å². The zero-order valence-electron chi connectivity index (χ0n) is 20.1. The lowest BCUT2D eigenvalue weighted by Gasteiger charge is -2.32. The number of nitrogens with zero attached hydrogens (tertiary/aromatic N) is 4. The second kappa shape index (κ2) is 12.0. The maximum absolute atomic E-state index is 13.9. The summed E-state index contributed by atoms with van der Waals surface area (Å²) in [6.07, 6.45) is 3.94. The summed E-state index contributed by atoms with van der Waals surface area (Å²) >= 11 is 11.5. The fourth-order valence-electron chi connectivity index (χ4n) is 4.33. The average Bonchev–Trinajstić information content (AvgIpc) is 2.83. The Bertz CT molecular complexity index is 1120. The van der Waals surface area contributed by atoms with Gasteiger partial charge in [-0.3, -0.25) is 20.2 Å². The van der Waals surface area contributed by atoms with E-state index in [4.69, 9.17) is 23.2 Å². The van der Waals surface area contributed by atoms with Crippen molar-refractivity contribution >= 4 is 46.0 Å². The maximum atomic E-state index is 13.9. The molecule has 0 bridgehead atoms. The molecule has 0 aliphatic carbocycles. The minimum atomic E-state index is -0.752. The molecule has 8 nitrogen and oxygen atoms in total. The molecular weight excluding hydrogens is 517 g/mol. The van der Waals surface area contributed by atoms with Crippen LogP contribution in [0.15, 0.2) is 24.3 Å². The van der Waals surface area contributed by atoms with Crippen molar-refractivity contribution in [2.24, 2.45) is 11.8 Å². The van der Waals surface area contributed by atoms with Gasteiger partial charge >= 0.3 is 0 Å². The highest BCUT2D eigenvalue weighted by molar-refractivity contribution is 6.33. The minimum absolute atomic E-state index is 0.0185. The number of hydrogen-bond acceptors (Lipinski definition) is 6. The Labute approximate surface area is 218 Å². The zero-order chi connectivity index (χ0) is 26.6. The quantitative estimate of drug-likeness (QED) is 0.297. The number of benzene rings is 2. The number of piperidine rings is 2. The monoisotopic (exact) mass is 544 g/mol. The van der Waals surface area contributed by atoms with Gasteiger partial charge in [-0.05, 0) is 49.7 Å². The first-order valence-corrected chi connectivity index (χ1v) is 12.5. The molecule has 2 aromatic rings. The number of halogens is 4. The highest BCUT2D eigenvalue weighted by Crippen LogP contribution is 2.36. The first-order valence-electron chi connectivity index (χ1n) is 11.7. The molecule has 0 saturated carbocycles. The fourth-order valence-corrected chi connectivity index (χ4v) is 4.72. The van der Waals surface area contributed by atoms with E-state index < -0.39 is 21.5 Å². The molecule has 36 heavy (non-hydrogen) atoms. The molecule has 0 N–H and O–H groups in total. The first kappa shape index (κ1) is 27.9. The minimum Gasteiger partial charge on any atom is -0.369 e. The van der Waals surface area contributed by atoms with Crippen molar-refractivity contribution in [3.05, 3.63) is 66.2 Å². The number of nitro benzene ring substituents is 2. The fraction of sp³-hybridized carbons (Fsp3) is 0.500. The Hall–Kier alpha value is -2.72. The van der Waals surface area contributed by atoms with Gasteiger partial charge in [-0.2, -0.15) is 0 Å². The molecular formula is C24H28Cl2F2N4O4. The van der Waals surface area contributed by atoms with Crippen LogP contribution in [-0.2, 0) is 0 Å². The van der Waals surface area contributed by atoms with Crippen LogP contribution in [-0.4, -0.2) is 36.0 Å². The number of hydrogen-bond donors (Lipinski definition) is 0. The third kappa shape index (κ3) is 6.73. The summed E-state index contributed by atoms with van der Waals surface area (Å²) in [4.78, 5) is 24.2. The first-order chi connectivity index (χ1) is 17.0. The lowest BCUT2D eigenvalue weighted by Crippen LogP contribution is -2.33. The molecule has 2 fully saturated rings. The molecule has 2 saturated heterocycles. The van der Waals surface area contributed by atoms with Gasteiger partial charge in [-0.1, -0.05) is 37.0 Å². The summed E-state index contributed by atoms with van der Waals surface area (Å²) in [5, 5.41) is 21.5. The molecule has 0 atom stereocenters. The van der Waals surface area contributed by atoms with Gasteiger partial charge in [0.2, 0.25) is 0 Å². The smallest absolute Gasteiger partial charge is 0.295 e. The van der Waals surface area contributed by atoms with E-state index in [0.717, 1.165) is 64.0 Å². The highest BCUT2D eigenvalue weighted by atomic mass is 35.5. The highest BCUT2D eigenvalue weighted by Gasteiger charge is 2.26. The van der Waals surface area contributed by atoms with Crippen molar-refractivity contribution in [2.45, 2.75) is 39.5 Å². The molecule has 12 heteroatoms. The van der Waals surface area contributed by atoms with Gasteiger partial charge in [0.1, 0.15) is 16.5 Å². The Morgan fingerprint density at radius 3 is 1.61 bits per heavy atom. The largest absolute Gasteiger partial charge is 0.369 e. The molecule has 0 amide bonds. The van der Waals surface area contributed by atoms with Gasteiger partial charge in [0.25, 0.3) is 11.4 Å². The van der Waals surface area contributed by atoms with Crippen LogP contribution in [0.3, 0.4) is 0 Å². The Morgan fingerprint density at radius 2 is 1.14 bits per heavy atom. The Morgan fingerprint density at radius 1 is 0.722 bits per heavy atom. The van der Waals surface area contributed by atoms with Gasteiger partial charge in [0.15, 0.2) is 5.82 Å². The zero-order valence-corrected chi connectivity index (χ0v) is 21.6. The van der Waals surface area contributed by atoms with Gasteiger partial charge in [0, 0.05) is 26.2 Å². The van der Waals surface area contributed by atoms with E-state index in [1.807, 2.05) is 9.80 Å². The Balaban J connectivity index is 0.000000201. The van der Waals surface area contributed by atoms with E-state index in [9.17, 15) is 29.0 Å². The van der Waals surface area contributed by atoms with Crippen molar-refractivity contribution in [1.82, 2.24) is 0 Å². The molecule has 2 aliphatic heterocycles. The van der Waals surface area contributed by atoms with E-state index in [0.29, 0.717) is 23.2 Å². The summed E-state index contributed by atoms with van der Waals surface area (Å²) in [6, 6.07) is 4.50. The summed E-state index contributed by atoms with van der Waals surface area (Å²) in [7, 11) is 0. The number of rotatable bonds is 4. The van der Waals surface area contributed by atoms with Crippen LogP contribution < -0.4 is 9.80 Å². The van der Waals surface area contributed by atoms with Crippen LogP contribution in [0.4, 0.5) is 31.5 Å². The second-order valence-corrected chi connectivity index (χ2v) is 10.2. The third-order valence-corrected chi connectivity index (χ3v) is 7.27. The van der Waals surface area contributed by atoms with Crippen LogP contribution in [0.5, 0.6) is 0 Å². The van der Waals surface area contributed by atoms with E-state index >= 15 is 0 Å². The third-order valence-electron chi connectivity index (χ3n) is 6.68. The normalized spacial score (nSPS) is 16.9. The van der Waals surface area contributed by atoms with Crippen LogP contribution in [0.25, 0.3) is 0 Å². The van der Waals surface area contributed by atoms with Crippen molar-refractivity contribution in [2.75, 3.05) is 36.0 Å². The van der Waals surface area contributed by atoms with Crippen molar-refractivity contribution in [3.8, 4) is 0 Å². The van der Waals surface area contributed by atoms with Crippen LogP contribution >= 0.6 is 23.2 Å². The van der Waals surface area contributed by atoms with Gasteiger partial charge < -0.3 is 9.80 Å². The molecule has 196 valence electrons. The molecule has 2 aromatic carbocycles. The predicted molar refractivity (Wildman–Crippen MR) is 137 cm³/mol. The van der Waals surface area contributed by atoms with Crippen LogP contribution in [0.2, 0.25) is 10.0 Å². The standard InChI is InChI=1S/2C12H14ClFN2O2/c1-8-2-4-15(5-3-8)12-6-9(13)11(16(17)18)7-10(12)14;1-8-2-4-15(5-3-8)11-6-9(13)10(14)7-12(11)16(17)18/h2*6-8H,2-5H2,1H3. The predicted octanol–water partition coefficient (Wildman–Crippen LogP) is 7.25. The molecule has 0 aromatic heterocycles. The van der Waals surface area contributed by atoms with Crippen molar-refractivity contribution < 1.29 is 18.6 Å². The summed E-state index contributed by atoms with van der Waals surface area (Å²) in [6.45, 7) is 7.31. The summed E-state index contributed by atoms with van der Waals surface area (Å²) in [5.41, 5.74) is 0.172. The maximum Gasteiger partial charge on any atom is 0.295 e. The molecule has 4 rings (SSSR count). The average molecular weight is 545 g/mol. The van der Waals surface area contributed by atoms with Crippen LogP contribution in [0, 0.1) is 43.7 Å². The number of anilines is 2. The molecule has 0 spiro atoms. The molecule has 0 radical (unpaired) electrons. The van der Waals surface area contributed by atoms with E-state index in [1.54, 1.807) is 0 Å². The van der Waals surface area contributed by atoms with E-state index in [2.05, 4.69) is 13.8 Å². The number of nitro groups is 2. The Kier molecular flexibility index (Phi) is 9.30.